The van der Waals surface area contributed by atoms with Gasteiger partial charge in [-0.3, -0.25) is 14.6 Å². The number of nitrogens with two attached hydrogens (primary N) is 1. The SMILES string of the molecule is C[C@]1(C(N)=O)COc2c1cc([C@@](O)(CNC(=O)c1ccc3oc(=O)[nH]c3c1)C(F)(F)F)nc2-c1ccc(F)cc1. The Labute approximate surface area is 221 Å². The number of fused-ring (bicyclic) bond motifs is 2. The Hall–Kier alpha value is -4.72. The normalized spacial score (nSPS) is 18.1. The van der Waals surface area contributed by atoms with Gasteiger partial charge in [-0.1, -0.05) is 0 Å². The molecular weight excluding hydrogens is 540 g/mol. The molecule has 1 aliphatic rings. The summed E-state index contributed by atoms with van der Waals surface area (Å²) >= 11 is 0. The number of aliphatic hydroxyl groups is 1. The number of benzene rings is 2. The number of carbonyl (C=O) groups is 2. The highest BCUT2D eigenvalue weighted by Crippen LogP contribution is 2.47. The largest absolute Gasteiger partial charge is 0.489 e. The highest BCUT2D eigenvalue weighted by atomic mass is 19.4. The van der Waals surface area contributed by atoms with E-state index in [2.05, 4.69) is 9.97 Å². The van der Waals surface area contributed by atoms with E-state index in [1.807, 2.05) is 5.32 Å². The molecule has 0 saturated carbocycles. The highest BCUT2D eigenvalue weighted by molar-refractivity contribution is 5.97. The maximum atomic E-state index is 14.5. The lowest BCUT2D eigenvalue weighted by atomic mass is 9.81. The monoisotopic (exact) mass is 560 g/mol. The molecular formula is C26H20F4N4O6. The third-order valence-corrected chi connectivity index (χ3v) is 6.81. The van der Waals surface area contributed by atoms with Gasteiger partial charge in [-0.15, -0.1) is 0 Å². The Bertz CT molecular complexity index is 1720. The molecule has 2 aromatic carbocycles. The van der Waals surface area contributed by atoms with E-state index >= 15 is 0 Å². The molecule has 0 bridgehead atoms. The summed E-state index contributed by atoms with van der Waals surface area (Å²) in [6.45, 7) is -0.320. The number of aromatic amines is 1. The van der Waals surface area contributed by atoms with Gasteiger partial charge in [0, 0.05) is 16.7 Å². The van der Waals surface area contributed by atoms with Crippen molar-refractivity contribution in [1.29, 1.82) is 0 Å². The molecule has 0 radical (unpaired) electrons. The molecule has 208 valence electrons. The summed E-state index contributed by atoms with van der Waals surface area (Å²) in [4.78, 5) is 42.8. The Morgan fingerprint density at radius 2 is 1.88 bits per heavy atom. The average molecular weight is 560 g/mol. The smallest absolute Gasteiger partial charge is 0.424 e. The van der Waals surface area contributed by atoms with E-state index < -0.39 is 52.8 Å². The Kier molecular flexibility index (Phi) is 6.17. The van der Waals surface area contributed by atoms with Crippen molar-refractivity contribution in [3.05, 3.63) is 81.7 Å². The third-order valence-electron chi connectivity index (χ3n) is 6.81. The molecule has 0 spiro atoms. The number of halogens is 4. The number of nitrogens with one attached hydrogen (secondary N) is 2. The molecule has 40 heavy (non-hydrogen) atoms. The van der Waals surface area contributed by atoms with Crippen LogP contribution in [0, 0.1) is 5.82 Å². The minimum atomic E-state index is -5.37. The predicted octanol–water partition coefficient (Wildman–Crippen LogP) is 2.64. The van der Waals surface area contributed by atoms with Crippen molar-refractivity contribution in [3.63, 3.8) is 0 Å². The Balaban J connectivity index is 1.59. The quantitative estimate of drug-likeness (QED) is 0.264. The summed E-state index contributed by atoms with van der Waals surface area (Å²) in [6, 6.07) is 9.15. The average Bonchev–Trinajstić information content (AvgIpc) is 3.45. The van der Waals surface area contributed by atoms with Crippen LogP contribution < -0.4 is 21.5 Å². The zero-order valence-electron chi connectivity index (χ0n) is 20.6. The van der Waals surface area contributed by atoms with E-state index in [-0.39, 0.29) is 45.8 Å². The topological polar surface area (TPSA) is 161 Å². The van der Waals surface area contributed by atoms with Crippen molar-refractivity contribution < 1.29 is 41.4 Å². The first-order valence-electron chi connectivity index (χ1n) is 11.7. The first-order valence-corrected chi connectivity index (χ1v) is 11.7. The zero-order valence-corrected chi connectivity index (χ0v) is 20.6. The number of aromatic nitrogens is 2. The number of hydrogen-bond acceptors (Lipinski definition) is 7. The number of rotatable bonds is 6. The number of pyridine rings is 1. The number of H-pyrrole nitrogens is 1. The molecule has 0 unspecified atom stereocenters. The standard InChI is InChI=1S/C26H20F4N4O6/c1-24(22(31)36)11-39-20-15(24)9-18(34-19(20)12-2-5-14(27)6-3-12)25(38,26(28,29)30)10-32-21(35)13-4-7-17-16(8-13)33-23(37)40-17/h2-9,38H,10-11H2,1H3,(H2,31,36)(H,32,35)(H,33,37)/t24-,25-/m0/s1. The van der Waals surface area contributed by atoms with Gasteiger partial charge in [0.2, 0.25) is 11.5 Å². The van der Waals surface area contributed by atoms with Crippen LogP contribution in [0.3, 0.4) is 0 Å². The predicted molar refractivity (Wildman–Crippen MR) is 131 cm³/mol. The summed E-state index contributed by atoms with van der Waals surface area (Å²) in [5.41, 5.74) is -0.706. The van der Waals surface area contributed by atoms with Crippen molar-refractivity contribution >= 4 is 22.9 Å². The van der Waals surface area contributed by atoms with Crippen LogP contribution in [0.15, 0.2) is 57.7 Å². The van der Waals surface area contributed by atoms with Gasteiger partial charge in [-0.25, -0.2) is 14.2 Å². The third kappa shape index (κ3) is 4.35. The van der Waals surface area contributed by atoms with Crippen molar-refractivity contribution in [2.24, 2.45) is 5.73 Å². The van der Waals surface area contributed by atoms with Crippen LogP contribution in [0.5, 0.6) is 5.75 Å². The maximum Gasteiger partial charge on any atom is 0.424 e. The minimum absolute atomic E-state index is 0.0485. The van der Waals surface area contributed by atoms with Crippen LogP contribution in [0.25, 0.3) is 22.4 Å². The van der Waals surface area contributed by atoms with E-state index in [0.29, 0.717) is 0 Å². The van der Waals surface area contributed by atoms with Gasteiger partial charge in [0.1, 0.15) is 29.3 Å². The van der Waals surface area contributed by atoms with Crippen molar-refractivity contribution in [2.45, 2.75) is 24.1 Å². The fourth-order valence-corrected chi connectivity index (χ4v) is 4.34. The number of carbonyl (C=O) groups excluding carboxylic acids is 2. The second kappa shape index (κ2) is 9.19. The molecule has 3 heterocycles. The number of nitrogens with zero attached hydrogens (tertiary/aromatic N) is 1. The lowest BCUT2D eigenvalue weighted by molar-refractivity contribution is -0.265. The molecule has 2 aromatic heterocycles. The molecule has 1 aliphatic heterocycles. The number of oxazole rings is 1. The lowest BCUT2D eigenvalue weighted by Gasteiger charge is -2.31. The van der Waals surface area contributed by atoms with Crippen LogP contribution in [-0.2, 0) is 15.8 Å². The van der Waals surface area contributed by atoms with Gasteiger partial charge in [0.15, 0.2) is 5.58 Å². The van der Waals surface area contributed by atoms with E-state index in [1.165, 1.54) is 37.3 Å². The van der Waals surface area contributed by atoms with Gasteiger partial charge >= 0.3 is 11.9 Å². The van der Waals surface area contributed by atoms with E-state index in [4.69, 9.17) is 14.9 Å². The molecule has 14 heteroatoms. The first-order chi connectivity index (χ1) is 18.7. The summed E-state index contributed by atoms with van der Waals surface area (Å²) in [6.07, 6.45) is -5.37. The molecule has 5 N–H and O–H groups in total. The van der Waals surface area contributed by atoms with Gasteiger partial charge in [-0.2, -0.15) is 13.2 Å². The second-order valence-electron chi connectivity index (χ2n) is 9.49. The highest BCUT2D eigenvalue weighted by Gasteiger charge is 2.57. The fourth-order valence-electron chi connectivity index (χ4n) is 4.34. The van der Waals surface area contributed by atoms with Crippen LogP contribution in [-0.4, -0.2) is 46.2 Å². The summed E-state index contributed by atoms with van der Waals surface area (Å²) in [5.74, 6) is -3.35. The fraction of sp³-hybridized carbons (Fsp3) is 0.231. The van der Waals surface area contributed by atoms with Crippen LogP contribution in [0.1, 0.15) is 28.5 Å². The van der Waals surface area contributed by atoms with Crippen LogP contribution >= 0.6 is 0 Å². The Morgan fingerprint density at radius 1 is 1.18 bits per heavy atom. The van der Waals surface area contributed by atoms with E-state index in [1.54, 1.807) is 0 Å². The van der Waals surface area contributed by atoms with Crippen molar-refractivity contribution in [1.82, 2.24) is 15.3 Å². The van der Waals surface area contributed by atoms with Crippen molar-refractivity contribution in [2.75, 3.05) is 13.2 Å². The molecule has 2 atom stereocenters. The van der Waals surface area contributed by atoms with E-state index in [9.17, 15) is 37.1 Å². The lowest BCUT2D eigenvalue weighted by Crippen LogP contribution is -2.51. The molecule has 4 aromatic rings. The number of amides is 2. The molecule has 10 nitrogen and oxygen atoms in total. The second-order valence-corrected chi connectivity index (χ2v) is 9.49. The van der Waals surface area contributed by atoms with Gasteiger partial charge in [0.05, 0.1) is 17.8 Å². The number of ether oxygens (including phenoxy) is 1. The summed E-state index contributed by atoms with van der Waals surface area (Å²) < 4.78 is 67.5. The zero-order chi connectivity index (χ0) is 29.0. The van der Waals surface area contributed by atoms with Crippen LogP contribution in [0.4, 0.5) is 17.6 Å². The molecule has 0 saturated heterocycles. The molecule has 2 amide bonds. The van der Waals surface area contributed by atoms with Gasteiger partial charge in [0.25, 0.3) is 5.91 Å². The molecule has 5 rings (SSSR count). The minimum Gasteiger partial charge on any atom is -0.489 e. The number of hydrogen-bond donors (Lipinski definition) is 4. The van der Waals surface area contributed by atoms with Crippen molar-refractivity contribution in [3.8, 4) is 17.0 Å². The summed E-state index contributed by atoms with van der Waals surface area (Å²) in [5, 5.41) is 13.1. The van der Waals surface area contributed by atoms with E-state index in [0.717, 1.165) is 18.2 Å². The summed E-state index contributed by atoms with van der Waals surface area (Å²) in [7, 11) is 0. The van der Waals surface area contributed by atoms with Crippen LogP contribution in [0.2, 0.25) is 0 Å². The Morgan fingerprint density at radius 3 is 2.52 bits per heavy atom. The maximum absolute atomic E-state index is 14.5. The molecule has 0 aliphatic carbocycles. The van der Waals surface area contributed by atoms with Gasteiger partial charge in [-0.05, 0) is 55.5 Å². The molecule has 0 fully saturated rings. The number of alkyl halides is 3. The first kappa shape index (κ1) is 26.9. The number of primary amides is 1. The van der Waals surface area contributed by atoms with Gasteiger partial charge < -0.3 is 25.3 Å².